The first-order valence-electron chi connectivity index (χ1n) is 10.9. The van der Waals surface area contributed by atoms with E-state index >= 15 is 0 Å². The maximum absolute atomic E-state index is 12.3. The van der Waals surface area contributed by atoms with Gasteiger partial charge in [0.15, 0.2) is 0 Å². The van der Waals surface area contributed by atoms with Gasteiger partial charge in [0.1, 0.15) is 5.60 Å². The van der Waals surface area contributed by atoms with Gasteiger partial charge in [0.2, 0.25) is 0 Å². The van der Waals surface area contributed by atoms with Crippen LogP contribution in [-0.2, 0) is 11.3 Å². The second kappa shape index (κ2) is 9.61. The van der Waals surface area contributed by atoms with Gasteiger partial charge >= 0.3 is 6.09 Å². The molecule has 1 aromatic carbocycles. The van der Waals surface area contributed by atoms with E-state index in [0.717, 1.165) is 43.5 Å². The molecule has 0 radical (unpaired) electrons. The predicted molar refractivity (Wildman–Crippen MR) is 121 cm³/mol. The molecule has 5 heteroatoms. The van der Waals surface area contributed by atoms with Crippen LogP contribution in [0.5, 0.6) is 0 Å². The molecule has 0 saturated heterocycles. The quantitative estimate of drug-likeness (QED) is 0.726. The zero-order valence-electron chi connectivity index (χ0n) is 18.9. The minimum absolute atomic E-state index is 0.221. The molecule has 0 unspecified atom stereocenters. The second-order valence-electron chi connectivity index (χ2n) is 9.37. The van der Waals surface area contributed by atoms with Crippen molar-refractivity contribution in [1.82, 2.24) is 15.2 Å². The minimum Gasteiger partial charge on any atom is -0.444 e. The number of nitrogens with zero attached hydrogens (tertiary/aromatic N) is 2. The third-order valence-corrected chi connectivity index (χ3v) is 5.69. The summed E-state index contributed by atoms with van der Waals surface area (Å²) in [5, 5.41) is 3.70. The van der Waals surface area contributed by atoms with E-state index in [9.17, 15) is 4.79 Å². The van der Waals surface area contributed by atoms with Crippen LogP contribution in [0.15, 0.2) is 42.6 Å². The fourth-order valence-corrected chi connectivity index (χ4v) is 3.91. The van der Waals surface area contributed by atoms with Gasteiger partial charge in [0.25, 0.3) is 0 Å². The Bertz CT molecular complexity index is 834. The van der Waals surface area contributed by atoms with Crippen molar-refractivity contribution < 1.29 is 9.53 Å². The summed E-state index contributed by atoms with van der Waals surface area (Å²) in [6.45, 7) is 8.58. The number of nitrogens with one attached hydrogen (secondary N) is 1. The first kappa shape index (κ1) is 22.3. The standard InChI is InChI=1S/C25H35N3O2/c1-18-9-10-21(17-26-18)20-8-6-7-19(15-20)16-27-22-11-13-23(14-12-22)28(5)24(29)30-25(2,3)4/h6-10,15,17,22-23,27H,11-14,16H2,1-5H3/t22-,23-. The normalized spacial score (nSPS) is 19.4. The average Bonchev–Trinajstić information content (AvgIpc) is 2.71. The summed E-state index contributed by atoms with van der Waals surface area (Å²) in [7, 11) is 1.86. The van der Waals surface area contributed by atoms with E-state index in [1.54, 1.807) is 4.90 Å². The topological polar surface area (TPSA) is 54.5 Å². The lowest BCUT2D eigenvalue weighted by molar-refractivity contribution is 0.0179. The number of aryl methyl sites for hydroxylation is 1. The predicted octanol–water partition coefficient (Wildman–Crippen LogP) is 5.32. The molecule has 1 amide bonds. The van der Waals surface area contributed by atoms with Crippen LogP contribution in [0.25, 0.3) is 11.1 Å². The van der Waals surface area contributed by atoms with E-state index < -0.39 is 5.60 Å². The Morgan fingerprint density at radius 1 is 1.13 bits per heavy atom. The van der Waals surface area contributed by atoms with E-state index in [0.29, 0.717) is 6.04 Å². The van der Waals surface area contributed by atoms with Crippen LogP contribution in [0.2, 0.25) is 0 Å². The Kier molecular flexibility index (Phi) is 7.14. The number of amides is 1. The summed E-state index contributed by atoms with van der Waals surface area (Å²) < 4.78 is 5.51. The molecule has 1 aliphatic rings. The molecule has 0 aliphatic heterocycles. The van der Waals surface area contributed by atoms with Crippen molar-refractivity contribution in [2.24, 2.45) is 0 Å². The lowest BCUT2D eigenvalue weighted by Crippen LogP contribution is -2.44. The third-order valence-electron chi connectivity index (χ3n) is 5.69. The lowest BCUT2D eigenvalue weighted by atomic mass is 9.90. The fourth-order valence-electron chi connectivity index (χ4n) is 3.91. The molecule has 1 aromatic heterocycles. The average molecular weight is 410 g/mol. The van der Waals surface area contributed by atoms with Crippen LogP contribution in [0, 0.1) is 6.92 Å². The molecule has 30 heavy (non-hydrogen) atoms. The van der Waals surface area contributed by atoms with Crippen molar-refractivity contribution >= 4 is 6.09 Å². The molecule has 3 rings (SSSR count). The summed E-state index contributed by atoms with van der Waals surface area (Å²) in [6.07, 6.45) is 5.86. The maximum atomic E-state index is 12.3. The van der Waals surface area contributed by atoms with Gasteiger partial charge in [-0.15, -0.1) is 0 Å². The molecule has 0 atom stereocenters. The van der Waals surface area contributed by atoms with Crippen LogP contribution in [-0.4, -0.2) is 40.7 Å². The van der Waals surface area contributed by atoms with Gasteiger partial charge in [-0.05, 0) is 76.6 Å². The number of rotatable bonds is 5. The van der Waals surface area contributed by atoms with Crippen LogP contribution < -0.4 is 5.32 Å². The first-order valence-corrected chi connectivity index (χ1v) is 10.9. The Labute approximate surface area is 180 Å². The van der Waals surface area contributed by atoms with Crippen molar-refractivity contribution in [2.45, 2.75) is 77.6 Å². The molecule has 1 N–H and O–H groups in total. The molecule has 1 saturated carbocycles. The number of carbonyl (C=O) groups is 1. The number of hydrogen-bond donors (Lipinski definition) is 1. The molecule has 162 valence electrons. The summed E-state index contributed by atoms with van der Waals surface area (Å²) in [4.78, 5) is 18.5. The Morgan fingerprint density at radius 2 is 1.87 bits per heavy atom. The largest absolute Gasteiger partial charge is 0.444 e. The number of ether oxygens (including phenoxy) is 1. The second-order valence-corrected chi connectivity index (χ2v) is 9.37. The molecule has 5 nitrogen and oxygen atoms in total. The smallest absolute Gasteiger partial charge is 0.410 e. The number of benzene rings is 1. The molecule has 2 aromatic rings. The zero-order valence-corrected chi connectivity index (χ0v) is 18.9. The first-order chi connectivity index (χ1) is 14.2. The van der Waals surface area contributed by atoms with Gasteiger partial charge in [-0.25, -0.2) is 4.79 Å². The Hall–Kier alpha value is -2.40. The highest BCUT2D eigenvalue weighted by atomic mass is 16.6. The van der Waals surface area contributed by atoms with Crippen LogP contribution in [0.1, 0.15) is 57.7 Å². The summed E-state index contributed by atoms with van der Waals surface area (Å²) in [6, 6.07) is 13.6. The molecule has 1 aliphatic carbocycles. The van der Waals surface area contributed by atoms with E-state index in [1.807, 2.05) is 47.0 Å². The summed E-state index contributed by atoms with van der Waals surface area (Å²) >= 11 is 0. The van der Waals surface area contributed by atoms with Crippen molar-refractivity contribution in [2.75, 3.05) is 7.05 Å². The zero-order chi connectivity index (χ0) is 21.7. The highest BCUT2D eigenvalue weighted by Gasteiger charge is 2.29. The molecule has 0 spiro atoms. The van der Waals surface area contributed by atoms with Crippen LogP contribution in [0.3, 0.4) is 0 Å². The molecule has 0 bridgehead atoms. The van der Waals surface area contributed by atoms with Crippen molar-refractivity contribution in [3.63, 3.8) is 0 Å². The highest BCUT2D eigenvalue weighted by Crippen LogP contribution is 2.25. The third kappa shape index (κ3) is 6.30. The minimum atomic E-state index is -0.451. The van der Waals surface area contributed by atoms with Crippen molar-refractivity contribution in [3.05, 3.63) is 53.9 Å². The number of hydrogen-bond acceptors (Lipinski definition) is 4. The number of carbonyl (C=O) groups excluding carboxylic acids is 1. The number of aromatic nitrogens is 1. The van der Waals surface area contributed by atoms with E-state index in [4.69, 9.17) is 4.74 Å². The molecule has 1 heterocycles. The van der Waals surface area contributed by atoms with Gasteiger partial charge < -0.3 is 15.0 Å². The van der Waals surface area contributed by atoms with Gasteiger partial charge in [-0.1, -0.05) is 24.3 Å². The van der Waals surface area contributed by atoms with Gasteiger partial charge in [0.05, 0.1) is 0 Å². The van der Waals surface area contributed by atoms with Gasteiger partial charge in [0, 0.05) is 43.1 Å². The van der Waals surface area contributed by atoms with E-state index in [2.05, 4.69) is 40.6 Å². The van der Waals surface area contributed by atoms with Crippen LogP contribution >= 0.6 is 0 Å². The highest BCUT2D eigenvalue weighted by molar-refractivity contribution is 5.68. The monoisotopic (exact) mass is 409 g/mol. The Morgan fingerprint density at radius 3 is 2.50 bits per heavy atom. The Balaban J connectivity index is 1.48. The molecular weight excluding hydrogens is 374 g/mol. The molecular formula is C25H35N3O2. The van der Waals surface area contributed by atoms with Crippen molar-refractivity contribution in [1.29, 1.82) is 0 Å². The van der Waals surface area contributed by atoms with E-state index in [-0.39, 0.29) is 12.1 Å². The summed E-state index contributed by atoms with van der Waals surface area (Å²) in [5.74, 6) is 0. The van der Waals surface area contributed by atoms with E-state index in [1.165, 1.54) is 11.1 Å². The van der Waals surface area contributed by atoms with Crippen molar-refractivity contribution in [3.8, 4) is 11.1 Å². The van der Waals surface area contributed by atoms with Crippen LogP contribution in [0.4, 0.5) is 4.79 Å². The summed E-state index contributed by atoms with van der Waals surface area (Å²) in [5.41, 5.74) is 4.20. The van der Waals surface area contributed by atoms with Gasteiger partial charge in [-0.3, -0.25) is 4.98 Å². The van der Waals surface area contributed by atoms with Gasteiger partial charge in [-0.2, -0.15) is 0 Å². The maximum Gasteiger partial charge on any atom is 0.410 e. The SMILES string of the molecule is Cc1ccc(-c2cccc(CN[C@H]3CC[C@H](N(C)C(=O)OC(C)(C)C)CC3)c2)cn1. The number of pyridine rings is 1. The molecule has 1 fully saturated rings. The lowest BCUT2D eigenvalue weighted by Gasteiger charge is -2.35. The fraction of sp³-hybridized carbons (Fsp3) is 0.520.